The maximum Gasteiger partial charge on any atom is 0.129 e. The molecule has 3 rings (SSSR count). The summed E-state index contributed by atoms with van der Waals surface area (Å²) in [5, 5.41) is 22.5. The highest BCUT2D eigenvalue weighted by atomic mass is 35.5. The largest absolute Gasteiger partial charge is 0.507 e. The zero-order valence-corrected chi connectivity index (χ0v) is 14.0. The maximum atomic E-state index is 10.3. The third kappa shape index (κ3) is 3.86. The molecule has 6 heteroatoms. The molecule has 0 atom stereocenters. The van der Waals surface area contributed by atoms with Crippen LogP contribution in [0, 0.1) is 0 Å². The minimum Gasteiger partial charge on any atom is -0.507 e. The summed E-state index contributed by atoms with van der Waals surface area (Å²) >= 11 is 6.10. The molecule has 1 aromatic carbocycles. The third-order valence-electron chi connectivity index (χ3n) is 4.54. The number of phenols is 1. The van der Waals surface area contributed by atoms with Crippen molar-refractivity contribution >= 4 is 17.8 Å². The second kappa shape index (κ2) is 7.64. The van der Waals surface area contributed by atoms with Gasteiger partial charge in [0, 0.05) is 35.1 Å². The Balaban J connectivity index is 1.66. The number of phenolic OH excluding ortho intramolecular Hbond substituents is 1. The normalized spacial score (nSPS) is 16.7. The van der Waals surface area contributed by atoms with Gasteiger partial charge in [-0.2, -0.15) is 0 Å². The molecule has 24 heavy (non-hydrogen) atoms. The van der Waals surface area contributed by atoms with Gasteiger partial charge in [0.05, 0.1) is 6.21 Å². The minimum absolute atomic E-state index is 0.119. The lowest BCUT2D eigenvalue weighted by molar-refractivity contribution is 0.202. The van der Waals surface area contributed by atoms with Crippen molar-refractivity contribution in [1.82, 2.24) is 9.88 Å². The summed E-state index contributed by atoms with van der Waals surface area (Å²) in [5.41, 5.74) is 2.52. The topological polar surface area (TPSA) is 69.0 Å². The van der Waals surface area contributed by atoms with Gasteiger partial charge in [0.2, 0.25) is 0 Å². The lowest BCUT2D eigenvalue weighted by Crippen LogP contribution is -2.32. The van der Waals surface area contributed by atoms with Crippen molar-refractivity contribution in [2.45, 2.75) is 25.3 Å². The van der Waals surface area contributed by atoms with Crippen LogP contribution < -0.4 is 0 Å². The van der Waals surface area contributed by atoms with Gasteiger partial charge in [-0.1, -0.05) is 16.8 Å². The van der Waals surface area contributed by atoms with Crippen molar-refractivity contribution < 1.29 is 10.3 Å². The van der Waals surface area contributed by atoms with Crippen molar-refractivity contribution in [3.8, 4) is 5.75 Å². The third-order valence-corrected chi connectivity index (χ3v) is 4.76. The van der Waals surface area contributed by atoms with E-state index < -0.39 is 0 Å². The molecule has 0 saturated carbocycles. The molecule has 1 aliphatic heterocycles. The predicted octanol–water partition coefficient (Wildman–Crippen LogP) is 3.63. The van der Waals surface area contributed by atoms with Crippen LogP contribution in [-0.4, -0.2) is 39.5 Å². The average molecular weight is 346 g/mol. The molecule has 0 bridgehead atoms. The van der Waals surface area contributed by atoms with Crippen LogP contribution in [-0.2, 0) is 6.54 Å². The SMILES string of the molecule is O/N=C/c1cc(Cl)cc(CN2CCC(c3ccncc3)CC2)c1O. The van der Waals surface area contributed by atoms with Crippen molar-refractivity contribution in [3.05, 3.63) is 58.4 Å². The van der Waals surface area contributed by atoms with E-state index in [9.17, 15) is 5.11 Å². The van der Waals surface area contributed by atoms with Gasteiger partial charge in [-0.05, 0) is 61.7 Å². The van der Waals surface area contributed by atoms with Gasteiger partial charge < -0.3 is 10.3 Å². The molecular formula is C18H20ClN3O2. The van der Waals surface area contributed by atoms with E-state index in [4.69, 9.17) is 16.8 Å². The monoisotopic (exact) mass is 345 g/mol. The molecule has 0 amide bonds. The molecule has 1 aliphatic rings. The Morgan fingerprint density at radius 1 is 1.25 bits per heavy atom. The molecule has 5 nitrogen and oxygen atoms in total. The van der Waals surface area contributed by atoms with Crippen molar-refractivity contribution in [2.24, 2.45) is 5.16 Å². The van der Waals surface area contributed by atoms with E-state index in [0.29, 0.717) is 23.0 Å². The lowest BCUT2D eigenvalue weighted by atomic mass is 9.90. The van der Waals surface area contributed by atoms with Crippen LogP contribution in [0.1, 0.15) is 35.4 Å². The summed E-state index contributed by atoms with van der Waals surface area (Å²) < 4.78 is 0. The van der Waals surface area contributed by atoms with Crippen molar-refractivity contribution in [3.63, 3.8) is 0 Å². The van der Waals surface area contributed by atoms with Crippen LogP contribution in [0.4, 0.5) is 0 Å². The van der Waals surface area contributed by atoms with Crippen molar-refractivity contribution in [2.75, 3.05) is 13.1 Å². The highest BCUT2D eigenvalue weighted by molar-refractivity contribution is 6.31. The number of rotatable bonds is 4. The Morgan fingerprint density at radius 2 is 1.96 bits per heavy atom. The molecule has 0 spiro atoms. The zero-order valence-electron chi connectivity index (χ0n) is 13.3. The molecule has 1 aromatic heterocycles. The zero-order chi connectivity index (χ0) is 16.9. The standard InChI is InChI=1S/C18H20ClN3O2/c19-17-9-15(11-21-24)18(23)16(10-17)12-22-7-3-14(4-8-22)13-1-5-20-6-2-13/h1-2,5-6,9-11,14,23-24H,3-4,7-8,12H2/b21-11+. The fraction of sp³-hybridized carbons (Fsp3) is 0.333. The van der Waals surface area contributed by atoms with E-state index >= 15 is 0 Å². The molecule has 1 fully saturated rings. The number of nitrogens with zero attached hydrogens (tertiary/aromatic N) is 3. The highest BCUT2D eigenvalue weighted by Gasteiger charge is 2.21. The Labute approximate surface area is 146 Å². The number of piperidine rings is 1. The van der Waals surface area contributed by atoms with Crippen LogP contribution >= 0.6 is 11.6 Å². The summed E-state index contributed by atoms with van der Waals surface area (Å²) in [4.78, 5) is 6.38. The summed E-state index contributed by atoms with van der Waals surface area (Å²) in [7, 11) is 0. The number of aromatic nitrogens is 1. The van der Waals surface area contributed by atoms with Gasteiger partial charge in [0.15, 0.2) is 0 Å². The molecule has 0 aliphatic carbocycles. The first kappa shape index (κ1) is 16.7. The van der Waals surface area contributed by atoms with Crippen LogP contribution in [0.5, 0.6) is 5.75 Å². The Bertz CT molecular complexity index is 714. The van der Waals surface area contributed by atoms with E-state index in [0.717, 1.165) is 31.5 Å². The van der Waals surface area contributed by atoms with E-state index in [1.807, 2.05) is 12.4 Å². The smallest absolute Gasteiger partial charge is 0.129 e. The molecule has 1 saturated heterocycles. The van der Waals surface area contributed by atoms with Crippen LogP contribution in [0.2, 0.25) is 5.02 Å². The maximum absolute atomic E-state index is 10.3. The van der Waals surface area contributed by atoms with E-state index in [1.54, 1.807) is 12.1 Å². The lowest BCUT2D eigenvalue weighted by Gasteiger charge is -2.32. The molecular weight excluding hydrogens is 326 g/mol. The fourth-order valence-electron chi connectivity index (χ4n) is 3.26. The van der Waals surface area contributed by atoms with Crippen LogP contribution in [0.25, 0.3) is 0 Å². The minimum atomic E-state index is 0.119. The van der Waals surface area contributed by atoms with Crippen LogP contribution in [0.15, 0.2) is 41.8 Å². The van der Waals surface area contributed by atoms with Gasteiger partial charge in [0.25, 0.3) is 0 Å². The summed E-state index contributed by atoms with van der Waals surface area (Å²) in [6.07, 6.45) is 7.04. The van der Waals surface area contributed by atoms with Gasteiger partial charge in [0.1, 0.15) is 5.75 Å². The number of likely N-dealkylation sites (tertiary alicyclic amines) is 1. The van der Waals surface area contributed by atoms with Crippen molar-refractivity contribution in [1.29, 1.82) is 0 Å². The van der Waals surface area contributed by atoms with E-state index in [1.165, 1.54) is 11.8 Å². The molecule has 2 aromatic rings. The molecule has 2 heterocycles. The van der Waals surface area contributed by atoms with E-state index in [-0.39, 0.29) is 5.75 Å². The van der Waals surface area contributed by atoms with Crippen LogP contribution in [0.3, 0.4) is 0 Å². The highest BCUT2D eigenvalue weighted by Crippen LogP contribution is 2.31. The Hall–Kier alpha value is -2.11. The number of halogens is 1. The molecule has 0 unspecified atom stereocenters. The first-order chi connectivity index (χ1) is 11.7. The van der Waals surface area contributed by atoms with Gasteiger partial charge in [-0.15, -0.1) is 0 Å². The second-order valence-corrected chi connectivity index (χ2v) is 6.51. The summed E-state index contributed by atoms with van der Waals surface area (Å²) in [6.45, 7) is 2.55. The average Bonchev–Trinajstić information content (AvgIpc) is 2.60. The number of hydrogen-bond acceptors (Lipinski definition) is 5. The molecule has 2 N–H and O–H groups in total. The first-order valence-electron chi connectivity index (χ1n) is 7.98. The first-order valence-corrected chi connectivity index (χ1v) is 8.36. The Kier molecular flexibility index (Phi) is 5.33. The quantitative estimate of drug-likeness (QED) is 0.504. The number of hydrogen-bond donors (Lipinski definition) is 2. The van der Waals surface area contributed by atoms with Gasteiger partial charge >= 0.3 is 0 Å². The molecule has 0 radical (unpaired) electrons. The number of aromatic hydroxyl groups is 1. The number of pyridine rings is 1. The number of benzene rings is 1. The molecule has 126 valence electrons. The fourth-order valence-corrected chi connectivity index (χ4v) is 3.51. The van der Waals surface area contributed by atoms with Gasteiger partial charge in [-0.25, -0.2) is 0 Å². The number of oxime groups is 1. The van der Waals surface area contributed by atoms with Gasteiger partial charge in [-0.3, -0.25) is 9.88 Å². The Morgan fingerprint density at radius 3 is 2.62 bits per heavy atom. The second-order valence-electron chi connectivity index (χ2n) is 6.08. The van der Waals surface area contributed by atoms with E-state index in [2.05, 4.69) is 27.2 Å². The predicted molar refractivity (Wildman–Crippen MR) is 94.0 cm³/mol. The summed E-state index contributed by atoms with van der Waals surface area (Å²) in [6, 6.07) is 7.52. The summed E-state index contributed by atoms with van der Waals surface area (Å²) in [5.74, 6) is 0.683.